The third-order valence-electron chi connectivity index (χ3n) is 5.75. The molecule has 1 aromatic carbocycles. The summed E-state index contributed by atoms with van der Waals surface area (Å²) in [7, 11) is 0. The third-order valence-corrected chi connectivity index (χ3v) is 6.68. The van der Waals surface area contributed by atoms with E-state index in [1.54, 1.807) is 13.8 Å². The van der Waals surface area contributed by atoms with Crippen molar-refractivity contribution in [2.75, 3.05) is 24.3 Å². The first-order valence-corrected chi connectivity index (χ1v) is 12.9. The lowest BCUT2D eigenvalue weighted by atomic mass is 10.1. The van der Waals surface area contributed by atoms with Gasteiger partial charge in [-0.1, -0.05) is 30.0 Å². The quantitative estimate of drug-likeness (QED) is 0.241. The van der Waals surface area contributed by atoms with Crippen molar-refractivity contribution >= 4 is 52.0 Å². The summed E-state index contributed by atoms with van der Waals surface area (Å²) in [6, 6.07) is 8.12. The fourth-order valence-corrected chi connectivity index (χ4v) is 5.01. The van der Waals surface area contributed by atoms with E-state index in [9.17, 15) is 14.4 Å². The summed E-state index contributed by atoms with van der Waals surface area (Å²) in [4.78, 5) is 37.8. The number of thioether (sulfide) groups is 1. The molecule has 0 spiro atoms. The van der Waals surface area contributed by atoms with Crippen LogP contribution < -0.4 is 5.32 Å². The molecule has 194 valence electrons. The van der Waals surface area contributed by atoms with Crippen molar-refractivity contribution in [1.82, 2.24) is 14.6 Å². The smallest absolute Gasteiger partial charge is 0.344 e. The number of fused-ring (bicyclic) bond motifs is 3. The Morgan fingerprint density at radius 3 is 2.41 bits per heavy atom. The topological polar surface area (TPSA) is 125 Å². The number of ether oxygens (including phenoxy) is 2. The molecule has 10 nitrogen and oxygen atoms in total. The van der Waals surface area contributed by atoms with E-state index in [1.807, 2.05) is 36.4 Å². The molecule has 1 amide bonds. The lowest BCUT2D eigenvalue weighted by Gasteiger charge is -2.10. The number of carbonyl (C=O) groups excluding carboxylic acids is 3. The number of anilines is 1. The summed E-state index contributed by atoms with van der Waals surface area (Å²) in [5.41, 5.74) is 3.77. The molecular weight excluding hydrogens is 496 g/mol. The number of aromatic nitrogens is 3. The first-order chi connectivity index (χ1) is 17.8. The summed E-state index contributed by atoms with van der Waals surface area (Å²) in [5.74, 6) is -1.49. The van der Waals surface area contributed by atoms with E-state index in [4.69, 9.17) is 13.9 Å². The molecule has 1 N–H and O–H groups in total. The highest BCUT2D eigenvalue weighted by atomic mass is 32.2. The van der Waals surface area contributed by atoms with E-state index in [2.05, 4.69) is 21.6 Å². The zero-order valence-corrected chi connectivity index (χ0v) is 22.2. The molecule has 0 saturated carbocycles. The van der Waals surface area contributed by atoms with Crippen LogP contribution in [0.15, 0.2) is 33.8 Å². The number of amides is 1. The van der Waals surface area contributed by atoms with Crippen LogP contribution in [0, 0.1) is 20.8 Å². The molecule has 3 aromatic heterocycles. The second kappa shape index (κ2) is 11.0. The Hall–Kier alpha value is -3.86. The predicted molar refractivity (Wildman–Crippen MR) is 139 cm³/mol. The number of pyridine rings is 1. The predicted octanol–water partition coefficient (Wildman–Crippen LogP) is 4.88. The van der Waals surface area contributed by atoms with E-state index in [1.165, 1.54) is 18.7 Å². The highest BCUT2D eigenvalue weighted by molar-refractivity contribution is 7.99. The summed E-state index contributed by atoms with van der Waals surface area (Å²) in [6.45, 7) is 9.12. The van der Waals surface area contributed by atoms with E-state index in [0.717, 1.165) is 27.7 Å². The van der Waals surface area contributed by atoms with Crippen molar-refractivity contribution in [2.45, 2.75) is 46.2 Å². The lowest BCUT2D eigenvalue weighted by Crippen LogP contribution is -2.17. The molecule has 0 aliphatic carbocycles. The van der Waals surface area contributed by atoms with Crippen LogP contribution in [0.4, 0.5) is 5.88 Å². The first-order valence-electron chi connectivity index (χ1n) is 11.9. The minimum absolute atomic E-state index is 0.0579. The number of carbonyl (C=O) groups is 3. The molecule has 3 heterocycles. The number of rotatable bonds is 9. The molecule has 0 aliphatic heterocycles. The maximum atomic E-state index is 12.8. The van der Waals surface area contributed by atoms with Gasteiger partial charge in [0.25, 0.3) is 0 Å². The van der Waals surface area contributed by atoms with Gasteiger partial charge in [-0.25, -0.2) is 9.59 Å². The van der Waals surface area contributed by atoms with Crippen LogP contribution in [-0.2, 0) is 14.3 Å². The average Bonchev–Trinajstić information content (AvgIpc) is 3.39. The van der Waals surface area contributed by atoms with Crippen LogP contribution >= 0.6 is 11.8 Å². The van der Waals surface area contributed by atoms with Gasteiger partial charge in [0, 0.05) is 17.6 Å². The first kappa shape index (κ1) is 26.2. The molecule has 37 heavy (non-hydrogen) atoms. The van der Waals surface area contributed by atoms with Gasteiger partial charge in [0.05, 0.1) is 18.7 Å². The van der Waals surface area contributed by atoms with Crippen LogP contribution in [0.2, 0.25) is 0 Å². The van der Waals surface area contributed by atoms with Crippen LogP contribution in [0.1, 0.15) is 57.9 Å². The Morgan fingerprint density at radius 2 is 1.70 bits per heavy atom. The largest absolute Gasteiger partial charge is 0.462 e. The summed E-state index contributed by atoms with van der Waals surface area (Å²) < 4.78 is 17.7. The van der Waals surface area contributed by atoms with Crippen molar-refractivity contribution in [3.05, 3.63) is 52.3 Å². The second-order valence-corrected chi connectivity index (χ2v) is 9.36. The fourth-order valence-electron chi connectivity index (χ4n) is 4.13. The van der Waals surface area contributed by atoms with Crippen molar-refractivity contribution in [3.63, 3.8) is 0 Å². The molecule has 0 unspecified atom stereocenters. The van der Waals surface area contributed by atoms with Crippen molar-refractivity contribution in [2.24, 2.45) is 0 Å². The molecule has 0 radical (unpaired) electrons. The Bertz CT molecular complexity index is 1510. The highest BCUT2D eigenvalue weighted by Gasteiger charge is 2.31. The Balaban J connectivity index is 1.52. The minimum atomic E-state index is -0.778. The van der Waals surface area contributed by atoms with Gasteiger partial charge < -0.3 is 13.9 Å². The van der Waals surface area contributed by atoms with Crippen molar-refractivity contribution in [3.8, 4) is 0 Å². The van der Waals surface area contributed by atoms with Crippen molar-refractivity contribution < 1.29 is 28.3 Å². The molecule has 4 aromatic rings. The SMILES string of the molecule is CCOC(=O)c1c(C)oc(NC(=O)CCSc2nnc3cc(C)c4cccc(C)c4n23)c1C(=O)OCC. The van der Waals surface area contributed by atoms with Gasteiger partial charge in [0.1, 0.15) is 16.9 Å². The van der Waals surface area contributed by atoms with Crippen LogP contribution in [0.5, 0.6) is 0 Å². The number of hydrogen-bond donors (Lipinski definition) is 1. The fraction of sp³-hybridized carbons (Fsp3) is 0.346. The standard InChI is InChI=1S/C26H28N4O6S/c1-6-34-24(32)20-16(5)36-23(21(20)25(33)35-7-2)27-19(31)11-12-37-26-29-28-18-13-15(4)17-10-8-9-14(3)22(17)30(18)26/h8-10,13H,6-7,11-12H2,1-5H3,(H,27,31). The maximum Gasteiger partial charge on any atom is 0.344 e. The van der Waals surface area contributed by atoms with Gasteiger partial charge in [-0.05, 0) is 51.8 Å². The molecule has 4 rings (SSSR count). The van der Waals surface area contributed by atoms with Crippen LogP contribution in [-0.4, -0.2) is 51.4 Å². The number of esters is 2. The molecule has 0 aliphatic rings. The van der Waals surface area contributed by atoms with E-state index >= 15 is 0 Å². The van der Waals surface area contributed by atoms with E-state index in [-0.39, 0.29) is 42.4 Å². The van der Waals surface area contributed by atoms with Crippen molar-refractivity contribution in [1.29, 1.82) is 0 Å². The zero-order chi connectivity index (χ0) is 26.7. The number of hydrogen-bond acceptors (Lipinski definition) is 9. The number of nitrogens with one attached hydrogen (secondary N) is 1. The van der Waals surface area contributed by atoms with Gasteiger partial charge in [0.15, 0.2) is 10.8 Å². The maximum absolute atomic E-state index is 12.8. The Morgan fingerprint density at radius 1 is 1.00 bits per heavy atom. The number of para-hydroxylation sites is 1. The number of nitrogens with zero attached hydrogens (tertiary/aromatic N) is 3. The lowest BCUT2D eigenvalue weighted by molar-refractivity contribution is -0.115. The summed E-state index contributed by atoms with van der Waals surface area (Å²) >= 11 is 1.40. The molecule has 0 saturated heterocycles. The van der Waals surface area contributed by atoms with Gasteiger partial charge in [-0.2, -0.15) is 0 Å². The number of furan rings is 1. The highest BCUT2D eigenvalue weighted by Crippen LogP contribution is 2.30. The third kappa shape index (κ3) is 5.17. The number of benzene rings is 1. The van der Waals surface area contributed by atoms with E-state index < -0.39 is 17.8 Å². The molecule has 0 bridgehead atoms. The van der Waals surface area contributed by atoms with E-state index in [0.29, 0.717) is 10.9 Å². The molecule has 0 atom stereocenters. The van der Waals surface area contributed by atoms with Gasteiger partial charge in [-0.15, -0.1) is 10.2 Å². The van der Waals surface area contributed by atoms with Gasteiger partial charge in [-0.3, -0.25) is 14.5 Å². The minimum Gasteiger partial charge on any atom is -0.462 e. The second-order valence-electron chi connectivity index (χ2n) is 8.30. The van der Waals surface area contributed by atoms with Gasteiger partial charge in [0.2, 0.25) is 11.8 Å². The molecule has 11 heteroatoms. The summed E-state index contributed by atoms with van der Waals surface area (Å²) in [5, 5.41) is 13.0. The molecular formula is C26H28N4O6S. The monoisotopic (exact) mass is 524 g/mol. The normalized spacial score (nSPS) is 11.2. The summed E-state index contributed by atoms with van der Waals surface area (Å²) in [6.07, 6.45) is 0.0963. The van der Waals surface area contributed by atoms with Crippen LogP contribution in [0.25, 0.3) is 16.6 Å². The van der Waals surface area contributed by atoms with Crippen LogP contribution in [0.3, 0.4) is 0 Å². The van der Waals surface area contributed by atoms with Gasteiger partial charge >= 0.3 is 11.9 Å². The zero-order valence-electron chi connectivity index (χ0n) is 21.3. The Labute approximate surface area is 217 Å². The average molecular weight is 525 g/mol. The molecule has 0 fully saturated rings. The number of aryl methyl sites for hydroxylation is 3. The Kier molecular flexibility index (Phi) is 7.82.